The number of aryl methyl sites for hydroxylation is 3. The van der Waals surface area contributed by atoms with Gasteiger partial charge in [0.1, 0.15) is 5.76 Å². The third-order valence-electron chi connectivity index (χ3n) is 6.34. The highest BCUT2D eigenvalue weighted by Crippen LogP contribution is 2.30. The fraction of sp³-hybridized carbons (Fsp3) is 0.269. The molecule has 36 heavy (non-hydrogen) atoms. The molecule has 0 aliphatic heterocycles. The number of rotatable bonds is 8. The summed E-state index contributed by atoms with van der Waals surface area (Å²) in [7, 11) is -3.88. The smallest absolute Gasteiger partial charge is 0.263 e. The van der Waals surface area contributed by atoms with E-state index in [1.54, 1.807) is 32.0 Å². The van der Waals surface area contributed by atoms with Gasteiger partial charge in [-0.1, -0.05) is 61.5 Å². The van der Waals surface area contributed by atoms with Crippen LogP contribution in [0.25, 0.3) is 16.8 Å². The topological polar surface area (TPSA) is 107 Å². The lowest BCUT2D eigenvalue weighted by Gasteiger charge is -2.12. The number of hydrogen-bond acceptors (Lipinski definition) is 6. The fourth-order valence-electron chi connectivity index (χ4n) is 4.14. The molecule has 3 aromatic heterocycles. The third kappa shape index (κ3) is 4.28. The molecule has 5 rings (SSSR count). The van der Waals surface area contributed by atoms with Gasteiger partial charge < -0.3 is 4.52 Å². The van der Waals surface area contributed by atoms with E-state index in [-0.39, 0.29) is 10.7 Å². The first-order chi connectivity index (χ1) is 17.3. The van der Waals surface area contributed by atoms with Crippen LogP contribution in [0.2, 0.25) is 0 Å². The van der Waals surface area contributed by atoms with Crippen LogP contribution in [0.4, 0.5) is 5.82 Å². The molecule has 0 unspecified atom stereocenters. The van der Waals surface area contributed by atoms with Crippen LogP contribution in [0.3, 0.4) is 0 Å². The van der Waals surface area contributed by atoms with Crippen LogP contribution in [-0.2, 0) is 29.4 Å². The maximum absolute atomic E-state index is 13.2. The van der Waals surface area contributed by atoms with Gasteiger partial charge in [-0.25, -0.2) is 13.4 Å². The van der Waals surface area contributed by atoms with Crippen molar-refractivity contribution >= 4 is 21.5 Å². The van der Waals surface area contributed by atoms with E-state index in [0.717, 1.165) is 41.0 Å². The SMILES string of the molecule is CCc1nc2c(CC)cn(Cc3ccc(-c4ccccc4S(=O)(=O)Nc4noc(C)c4C)cc3)n2n1. The lowest BCUT2D eigenvalue weighted by Crippen LogP contribution is -2.15. The van der Waals surface area contributed by atoms with Gasteiger partial charge in [-0.3, -0.25) is 9.40 Å². The fourth-order valence-corrected chi connectivity index (χ4v) is 5.43. The molecule has 0 aliphatic rings. The molecule has 0 bridgehead atoms. The summed E-state index contributed by atoms with van der Waals surface area (Å²) in [6, 6.07) is 14.8. The highest BCUT2D eigenvalue weighted by molar-refractivity contribution is 7.92. The monoisotopic (exact) mass is 504 g/mol. The van der Waals surface area contributed by atoms with Crippen molar-refractivity contribution in [1.82, 2.24) is 24.6 Å². The molecular weight excluding hydrogens is 476 g/mol. The molecule has 0 amide bonds. The van der Waals surface area contributed by atoms with Gasteiger partial charge in [0.2, 0.25) is 0 Å². The Balaban J connectivity index is 1.44. The maximum Gasteiger partial charge on any atom is 0.263 e. The van der Waals surface area contributed by atoms with E-state index in [2.05, 4.69) is 37.8 Å². The van der Waals surface area contributed by atoms with Gasteiger partial charge in [0.25, 0.3) is 10.0 Å². The summed E-state index contributed by atoms with van der Waals surface area (Å²) in [5.41, 5.74) is 5.19. The highest BCUT2D eigenvalue weighted by atomic mass is 32.2. The number of benzene rings is 2. The summed E-state index contributed by atoms with van der Waals surface area (Å²) in [4.78, 5) is 4.82. The summed E-state index contributed by atoms with van der Waals surface area (Å²) < 4.78 is 38.1. The molecule has 186 valence electrons. The van der Waals surface area contributed by atoms with Gasteiger partial charge >= 0.3 is 0 Å². The largest absolute Gasteiger partial charge is 0.359 e. The number of sulfonamides is 1. The van der Waals surface area contributed by atoms with Crippen LogP contribution in [0, 0.1) is 13.8 Å². The second-order valence-corrected chi connectivity index (χ2v) is 10.4. The molecule has 0 radical (unpaired) electrons. The summed E-state index contributed by atoms with van der Waals surface area (Å²) in [5.74, 6) is 1.59. The molecule has 0 saturated carbocycles. The number of nitrogens with zero attached hydrogens (tertiary/aromatic N) is 5. The van der Waals surface area contributed by atoms with Gasteiger partial charge in [-0.15, -0.1) is 5.10 Å². The zero-order valence-corrected chi connectivity index (χ0v) is 21.5. The van der Waals surface area contributed by atoms with Crippen LogP contribution < -0.4 is 4.72 Å². The van der Waals surface area contributed by atoms with Gasteiger partial charge in [0, 0.05) is 29.3 Å². The van der Waals surface area contributed by atoms with Crippen molar-refractivity contribution < 1.29 is 12.9 Å². The van der Waals surface area contributed by atoms with Gasteiger partial charge in [0.05, 0.1) is 11.4 Å². The number of fused-ring (bicyclic) bond motifs is 1. The molecule has 5 aromatic rings. The van der Waals surface area contributed by atoms with Crippen molar-refractivity contribution in [1.29, 1.82) is 0 Å². The average molecular weight is 505 g/mol. The van der Waals surface area contributed by atoms with Crippen molar-refractivity contribution in [3.05, 3.63) is 83.0 Å². The van der Waals surface area contributed by atoms with Crippen molar-refractivity contribution in [2.45, 2.75) is 52.0 Å². The van der Waals surface area contributed by atoms with Crippen molar-refractivity contribution in [2.75, 3.05) is 4.72 Å². The standard InChI is InChI=1S/C26H28N6O3S/c1-5-20-16-31(32-26(20)27-24(6-2)28-32)15-19-11-13-21(14-12-19)22-9-7-8-10-23(22)36(33,34)30-25-17(3)18(4)35-29-25/h7-14,16H,5-6,15H2,1-4H3,(H,29,30). The van der Waals surface area contributed by atoms with E-state index < -0.39 is 10.0 Å². The van der Waals surface area contributed by atoms with Crippen LogP contribution >= 0.6 is 0 Å². The minimum absolute atomic E-state index is 0.173. The predicted octanol–water partition coefficient (Wildman–Crippen LogP) is 4.78. The summed E-state index contributed by atoms with van der Waals surface area (Å²) in [6.07, 6.45) is 3.75. The Morgan fingerprint density at radius 2 is 1.75 bits per heavy atom. The summed E-state index contributed by atoms with van der Waals surface area (Å²) in [6.45, 7) is 8.28. The van der Waals surface area contributed by atoms with Gasteiger partial charge in [-0.05, 0) is 37.5 Å². The Hall–Kier alpha value is -3.92. The van der Waals surface area contributed by atoms with Gasteiger partial charge in [0.15, 0.2) is 17.3 Å². The van der Waals surface area contributed by atoms with E-state index in [0.29, 0.717) is 23.4 Å². The maximum atomic E-state index is 13.2. The number of hydrogen-bond donors (Lipinski definition) is 1. The normalized spacial score (nSPS) is 11.9. The Bertz CT molecular complexity index is 1640. The average Bonchev–Trinajstić information content (AvgIpc) is 3.55. The van der Waals surface area contributed by atoms with E-state index in [9.17, 15) is 8.42 Å². The van der Waals surface area contributed by atoms with E-state index in [1.165, 1.54) is 0 Å². The first kappa shape index (κ1) is 23.8. The Labute approximate surface area is 209 Å². The van der Waals surface area contributed by atoms with Crippen molar-refractivity contribution in [2.24, 2.45) is 0 Å². The third-order valence-corrected chi connectivity index (χ3v) is 7.74. The minimum atomic E-state index is -3.88. The second kappa shape index (κ2) is 9.27. The molecule has 0 atom stereocenters. The molecule has 2 aromatic carbocycles. The second-order valence-electron chi connectivity index (χ2n) is 8.71. The van der Waals surface area contributed by atoms with Crippen molar-refractivity contribution in [3.63, 3.8) is 0 Å². The predicted molar refractivity (Wildman–Crippen MR) is 137 cm³/mol. The molecule has 1 N–H and O–H groups in total. The van der Waals surface area contributed by atoms with Crippen LogP contribution in [0.1, 0.15) is 42.1 Å². The van der Waals surface area contributed by atoms with Crippen LogP contribution in [0.15, 0.2) is 64.1 Å². The zero-order valence-electron chi connectivity index (χ0n) is 20.7. The first-order valence-electron chi connectivity index (χ1n) is 11.9. The summed E-state index contributed by atoms with van der Waals surface area (Å²) in [5, 5.41) is 8.46. The quantitative estimate of drug-likeness (QED) is 0.326. The molecular formula is C26H28N6O3S. The lowest BCUT2D eigenvalue weighted by atomic mass is 10.0. The summed E-state index contributed by atoms with van der Waals surface area (Å²) >= 11 is 0. The molecule has 9 nitrogen and oxygen atoms in total. The number of aromatic nitrogens is 5. The van der Waals surface area contributed by atoms with Gasteiger partial charge in [-0.2, -0.15) is 4.63 Å². The Morgan fingerprint density at radius 1 is 1.00 bits per heavy atom. The lowest BCUT2D eigenvalue weighted by molar-refractivity contribution is 0.399. The molecule has 3 heterocycles. The minimum Gasteiger partial charge on any atom is -0.359 e. The Kier molecular flexibility index (Phi) is 6.13. The molecule has 0 spiro atoms. The molecule has 0 aliphatic carbocycles. The number of nitrogens with one attached hydrogen (secondary N) is 1. The molecule has 0 fully saturated rings. The first-order valence-corrected chi connectivity index (χ1v) is 13.4. The zero-order chi connectivity index (χ0) is 25.4. The molecule has 0 saturated heterocycles. The highest BCUT2D eigenvalue weighted by Gasteiger charge is 2.22. The van der Waals surface area contributed by atoms with E-state index in [4.69, 9.17) is 4.52 Å². The van der Waals surface area contributed by atoms with E-state index in [1.807, 2.05) is 41.9 Å². The van der Waals surface area contributed by atoms with E-state index >= 15 is 0 Å². The van der Waals surface area contributed by atoms with Crippen LogP contribution in [-0.4, -0.2) is 33.0 Å². The Morgan fingerprint density at radius 3 is 2.42 bits per heavy atom. The van der Waals surface area contributed by atoms with Crippen molar-refractivity contribution in [3.8, 4) is 11.1 Å². The molecule has 10 heteroatoms. The van der Waals surface area contributed by atoms with Crippen LogP contribution in [0.5, 0.6) is 0 Å². The number of anilines is 1.